The molecule has 0 saturated carbocycles. The predicted octanol–water partition coefficient (Wildman–Crippen LogP) is 4.42. The lowest BCUT2D eigenvalue weighted by Crippen LogP contribution is -2.45. The Bertz CT molecular complexity index is 862. The average molecular weight is 451 g/mol. The van der Waals surface area contributed by atoms with Crippen LogP contribution in [0.2, 0.25) is 5.02 Å². The van der Waals surface area contributed by atoms with Crippen LogP contribution in [0.3, 0.4) is 0 Å². The van der Waals surface area contributed by atoms with Gasteiger partial charge in [0.1, 0.15) is 11.8 Å². The maximum atomic E-state index is 12.9. The number of carbonyl (C=O) groups is 2. The summed E-state index contributed by atoms with van der Waals surface area (Å²) in [5, 5.41) is 6.21. The van der Waals surface area contributed by atoms with Crippen molar-refractivity contribution in [2.45, 2.75) is 45.3 Å². The Hall–Kier alpha value is -2.32. The van der Waals surface area contributed by atoms with Crippen LogP contribution in [0.5, 0.6) is 5.75 Å². The van der Waals surface area contributed by atoms with Crippen molar-refractivity contribution in [3.05, 3.63) is 41.2 Å². The quantitative estimate of drug-likeness (QED) is 0.411. The van der Waals surface area contributed by atoms with Crippen molar-refractivity contribution in [1.82, 2.24) is 15.3 Å². The van der Waals surface area contributed by atoms with Crippen LogP contribution in [-0.2, 0) is 4.79 Å². The summed E-state index contributed by atoms with van der Waals surface area (Å²) >= 11 is 7.53. The van der Waals surface area contributed by atoms with Gasteiger partial charge < -0.3 is 15.4 Å². The molecule has 0 aliphatic heterocycles. The Labute approximate surface area is 186 Å². The summed E-state index contributed by atoms with van der Waals surface area (Å²) in [6, 6.07) is 6.34. The maximum absolute atomic E-state index is 12.9. The van der Waals surface area contributed by atoms with Crippen LogP contribution in [0.1, 0.15) is 44.6 Å². The molecule has 1 aromatic heterocycles. The second-order valence-electron chi connectivity index (χ2n) is 6.88. The van der Waals surface area contributed by atoms with E-state index in [1.54, 1.807) is 24.3 Å². The lowest BCUT2D eigenvalue weighted by Gasteiger charge is -2.20. The molecule has 9 heteroatoms. The van der Waals surface area contributed by atoms with Crippen molar-refractivity contribution in [1.29, 1.82) is 0 Å². The third kappa shape index (κ3) is 7.18. The van der Waals surface area contributed by atoms with Crippen LogP contribution < -0.4 is 15.4 Å². The van der Waals surface area contributed by atoms with Crippen molar-refractivity contribution in [3.63, 3.8) is 0 Å². The van der Waals surface area contributed by atoms with Crippen molar-refractivity contribution in [2.24, 2.45) is 5.92 Å². The second-order valence-corrected chi connectivity index (χ2v) is 8.52. The Kier molecular flexibility index (Phi) is 9.39. The van der Waals surface area contributed by atoms with E-state index in [1.807, 2.05) is 27.7 Å². The van der Waals surface area contributed by atoms with E-state index in [1.165, 1.54) is 18.0 Å². The number of carbonyl (C=O) groups excluding carboxylic acids is 2. The third-order valence-electron chi connectivity index (χ3n) is 3.97. The van der Waals surface area contributed by atoms with E-state index in [0.717, 1.165) is 11.5 Å². The van der Waals surface area contributed by atoms with Gasteiger partial charge in [0.15, 0.2) is 10.9 Å². The van der Waals surface area contributed by atoms with E-state index in [0.29, 0.717) is 23.9 Å². The molecule has 2 rings (SSSR count). The molecule has 7 nitrogen and oxygen atoms in total. The van der Waals surface area contributed by atoms with Gasteiger partial charge in [-0.15, -0.1) is 0 Å². The van der Waals surface area contributed by atoms with Gasteiger partial charge in [0.05, 0.1) is 17.8 Å². The molecule has 0 bridgehead atoms. The molecule has 2 aromatic rings. The van der Waals surface area contributed by atoms with Crippen LogP contribution in [-0.4, -0.2) is 40.2 Å². The first-order valence-corrected chi connectivity index (χ1v) is 11.2. The zero-order chi connectivity index (χ0) is 22.1. The summed E-state index contributed by atoms with van der Waals surface area (Å²) < 4.78 is 5.41. The highest BCUT2D eigenvalue weighted by Crippen LogP contribution is 2.19. The third-order valence-corrected chi connectivity index (χ3v) is 4.99. The topological polar surface area (TPSA) is 93.2 Å². The Morgan fingerprint density at radius 2 is 1.90 bits per heavy atom. The summed E-state index contributed by atoms with van der Waals surface area (Å²) in [5.41, 5.74) is 0.679. The number of benzene rings is 1. The second kappa shape index (κ2) is 11.8. The Morgan fingerprint density at radius 1 is 1.20 bits per heavy atom. The Balaban J connectivity index is 2.13. The van der Waals surface area contributed by atoms with Gasteiger partial charge in [0.2, 0.25) is 5.91 Å². The summed E-state index contributed by atoms with van der Waals surface area (Å²) in [5.74, 6) is 0.862. The minimum Gasteiger partial charge on any atom is -0.494 e. The van der Waals surface area contributed by atoms with Gasteiger partial charge in [-0.05, 0) is 49.3 Å². The first-order valence-electron chi connectivity index (χ1n) is 9.83. The van der Waals surface area contributed by atoms with Crippen molar-refractivity contribution in [3.8, 4) is 5.75 Å². The number of nitrogens with one attached hydrogen (secondary N) is 2. The van der Waals surface area contributed by atoms with Crippen molar-refractivity contribution >= 4 is 40.9 Å². The highest BCUT2D eigenvalue weighted by molar-refractivity contribution is 7.99. The van der Waals surface area contributed by atoms with Gasteiger partial charge in [0.25, 0.3) is 5.91 Å². The van der Waals surface area contributed by atoms with E-state index < -0.39 is 11.9 Å². The molecule has 1 aromatic carbocycles. The van der Waals surface area contributed by atoms with Crippen LogP contribution in [0.25, 0.3) is 0 Å². The molecule has 0 spiro atoms. The van der Waals surface area contributed by atoms with Crippen LogP contribution in [0, 0.1) is 5.92 Å². The molecule has 1 atom stereocenters. The van der Waals surface area contributed by atoms with E-state index >= 15 is 0 Å². The fourth-order valence-corrected chi connectivity index (χ4v) is 3.39. The standard InChI is InChI=1S/C21H27ClN4O3S/c1-5-29-15-9-7-14(8-10-15)24-19(27)17(11-13(3)4)25-20(28)18-16(22)12-23-21(26-18)30-6-2/h7-10,12-13,17H,5-6,11H2,1-4H3,(H,24,27)(H,25,28). The van der Waals surface area contributed by atoms with Gasteiger partial charge in [-0.1, -0.05) is 44.1 Å². The Morgan fingerprint density at radius 3 is 2.50 bits per heavy atom. The average Bonchev–Trinajstić information content (AvgIpc) is 2.70. The molecule has 30 heavy (non-hydrogen) atoms. The molecular formula is C21H27ClN4O3S. The molecule has 0 saturated heterocycles. The minimum atomic E-state index is -0.739. The highest BCUT2D eigenvalue weighted by atomic mass is 35.5. The van der Waals surface area contributed by atoms with Crippen molar-refractivity contribution in [2.75, 3.05) is 17.7 Å². The van der Waals surface area contributed by atoms with Gasteiger partial charge in [0, 0.05) is 5.69 Å². The lowest BCUT2D eigenvalue weighted by molar-refractivity contribution is -0.118. The van der Waals surface area contributed by atoms with Crippen molar-refractivity contribution < 1.29 is 14.3 Å². The summed E-state index contributed by atoms with van der Waals surface area (Å²) in [6.45, 7) is 8.40. The molecule has 0 aliphatic rings. The zero-order valence-corrected chi connectivity index (χ0v) is 19.1. The van der Waals surface area contributed by atoms with Gasteiger partial charge in [-0.2, -0.15) is 0 Å². The highest BCUT2D eigenvalue weighted by Gasteiger charge is 2.25. The van der Waals surface area contributed by atoms with E-state index in [2.05, 4.69) is 20.6 Å². The first-order chi connectivity index (χ1) is 14.3. The number of rotatable bonds is 10. The van der Waals surface area contributed by atoms with Crippen LogP contribution >= 0.6 is 23.4 Å². The number of hydrogen-bond acceptors (Lipinski definition) is 6. The SMILES string of the molecule is CCOc1ccc(NC(=O)C(CC(C)C)NC(=O)c2nc(SCC)ncc2Cl)cc1. The molecule has 0 aliphatic carbocycles. The van der Waals surface area contributed by atoms with Gasteiger partial charge in [-0.25, -0.2) is 9.97 Å². The van der Waals surface area contributed by atoms with Gasteiger partial charge in [-0.3, -0.25) is 9.59 Å². The number of thioether (sulfide) groups is 1. The largest absolute Gasteiger partial charge is 0.494 e. The number of halogens is 1. The van der Waals surface area contributed by atoms with E-state index in [9.17, 15) is 9.59 Å². The number of hydrogen-bond donors (Lipinski definition) is 2. The predicted molar refractivity (Wildman–Crippen MR) is 120 cm³/mol. The fourth-order valence-electron chi connectivity index (χ4n) is 2.67. The summed E-state index contributed by atoms with van der Waals surface area (Å²) in [7, 11) is 0. The number of amides is 2. The van der Waals surface area contributed by atoms with Gasteiger partial charge >= 0.3 is 0 Å². The lowest BCUT2D eigenvalue weighted by atomic mass is 10.0. The zero-order valence-electron chi connectivity index (χ0n) is 17.6. The molecule has 1 unspecified atom stereocenters. The smallest absolute Gasteiger partial charge is 0.272 e. The normalized spacial score (nSPS) is 11.8. The molecule has 2 amide bonds. The monoisotopic (exact) mass is 450 g/mol. The van der Waals surface area contributed by atoms with Crippen LogP contribution in [0.15, 0.2) is 35.6 Å². The molecule has 2 N–H and O–H groups in total. The van der Waals surface area contributed by atoms with E-state index in [4.69, 9.17) is 16.3 Å². The number of aromatic nitrogens is 2. The fraction of sp³-hybridized carbons (Fsp3) is 0.429. The van der Waals surface area contributed by atoms with Crippen LogP contribution in [0.4, 0.5) is 5.69 Å². The molecule has 0 radical (unpaired) electrons. The maximum Gasteiger partial charge on any atom is 0.272 e. The molecule has 162 valence electrons. The number of ether oxygens (including phenoxy) is 1. The number of nitrogens with zero attached hydrogens (tertiary/aromatic N) is 2. The molecular weight excluding hydrogens is 424 g/mol. The van der Waals surface area contributed by atoms with E-state index in [-0.39, 0.29) is 22.5 Å². The summed E-state index contributed by atoms with van der Waals surface area (Å²) in [6.07, 6.45) is 1.87. The minimum absolute atomic E-state index is 0.0604. The summed E-state index contributed by atoms with van der Waals surface area (Å²) in [4.78, 5) is 34.0. The first kappa shape index (κ1) is 24.0. The molecule has 1 heterocycles. The molecule has 0 fully saturated rings. The number of anilines is 1.